The zero-order valence-electron chi connectivity index (χ0n) is 12.7. The van der Waals surface area contributed by atoms with Crippen LogP contribution in [-0.2, 0) is 21.2 Å². The van der Waals surface area contributed by atoms with E-state index in [0.29, 0.717) is 11.4 Å². The van der Waals surface area contributed by atoms with Crippen molar-refractivity contribution in [2.24, 2.45) is 0 Å². The average Bonchev–Trinajstić information content (AvgIpc) is 2.54. The minimum absolute atomic E-state index is 0.206. The van der Waals surface area contributed by atoms with Crippen molar-refractivity contribution in [1.29, 1.82) is 0 Å². The Morgan fingerprint density at radius 3 is 2.52 bits per heavy atom. The molecule has 0 saturated carbocycles. The van der Waals surface area contributed by atoms with Crippen molar-refractivity contribution in [1.82, 2.24) is 0 Å². The molecule has 1 amide bonds. The minimum Gasteiger partial charge on any atom is -0.322 e. The van der Waals surface area contributed by atoms with Gasteiger partial charge in [-0.15, -0.1) is 0 Å². The number of aryl methyl sites for hydroxylation is 1. The van der Waals surface area contributed by atoms with Gasteiger partial charge in [-0.25, -0.2) is 8.42 Å². The fourth-order valence-electron chi connectivity index (χ4n) is 2.00. The smallest absolute Gasteiger partial charge is 0.261 e. The summed E-state index contributed by atoms with van der Waals surface area (Å²) in [5.41, 5.74) is 1.80. The molecule has 0 aliphatic carbocycles. The summed E-state index contributed by atoms with van der Waals surface area (Å²) in [5, 5.41) is 2.58. The Hall–Kier alpha value is -2.60. The van der Waals surface area contributed by atoms with Crippen molar-refractivity contribution < 1.29 is 13.2 Å². The fourth-order valence-corrected chi connectivity index (χ4v) is 3.12. The van der Waals surface area contributed by atoms with Crippen LogP contribution in [0.3, 0.4) is 0 Å². The minimum atomic E-state index is -3.68. The summed E-state index contributed by atoms with van der Waals surface area (Å²) in [7, 11) is -3.68. The molecule has 2 rings (SSSR count). The lowest BCUT2D eigenvalue weighted by atomic mass is 10.2. The number of amides is 1. The van der Waals surface area contributed by atoms with E-state index in [-0.39, 0.29) is 10.8 Å². The zero-order chi connectivity index (χ0) is 16.9. The van der Waals surface area contributed by atoms with Crippen LogP contribution in [0.25, 0.3) is 0 Å². The molecule has 0 saturated heterocycles. The van der Waals surface area contributed by atoms with Gasteiger partial charge >= 0.3 is 0 Å². The van der Waals surface area contributed by atoms with Crippen molar-refractivity contribution in [3.05, 3.63) is 66.7 Å². The Bertz CT molecular complexity index is 829. The van der Waals surface area contributed by atoms with Crippen molar-refractivity contribution >= 4 is 27.3 Å². The number of hydrogen-bond donors (Lipinski definition) is 2. The van der Waals surface area contributed by atoms with Gasteiger partial charge in [-0.3, -0.25) is 9.52 Å². The molecule has 0 unspecified atom stereocenters. The molecule has 0 radical (unpaired) electrons. The fraction of sp³-hybridized carbons (Fsp3) is 0.118. The summed E-state index contributed by atoms with van der Waals surface area (Å²) in [6, 6.07) is 13.3. The van der Waals surface area contributed by atoms with E-state index in [4.69, 9.17) is 0 Å². The van der Waals surface area contributed by atoms with Gasteiger partial charge in [0.05, 0.1) is 10.6 Å². The molecule has 2 N–H and O–H groups in total. The highest BCUT2D eigenvalue weighted by atomic mass is 32.2. The van der Waals surface area contributed by atoms with Crippen molar-refractivity contribution in [3.63, 3.8) is 0 Å². The third kappa shape index (κ3) is 4.43. The van der Waals surface area contributed by atoms with Gasteiger partial charge in [-0.05, 0) is 48.4 Å². The average molecular weight is 330 g/mol. The molecular formula is C17H18N2O3S. The van der Waals surface area contributed by atoms with Crippen LogP contribution in [0.5, 0.6) is 0 Å². The second-order valence-electron chi connectivity index (χ2n) is 4.88. The zero-order valence-corrected chi connectivity index (χ0v) is 13.6. The lowest BCUT2D eigenvalue weighted by Gasteiger charge is -2.10. The Kier molecular flexibility index (Phi) is 5.18. The number of carbonyl (C=O) groups is 1. The number of rotatable bonds is 6. The molecule has 0 bridgehead atoms. The molecule has 0 fully saturated rings. The quantitative estimate of drug-likeness (QED) is 0.799. The predicted octanol–water partition coefficient (Wildman–Crippen LogP) is 3.17. The predicted molar refractivity (Wildman–Crippen MR) is 91.9 cm³/mol. The molecule has 0 aliphatic heterocycles. The first-order chi connectivity index (χ1) is 10.9. The van der Waals surface area contributed by atoms with Crippen molar-refractivity contribution in [2.75, 3.05) is 10.0 Å². The Morgan fingerprint density at radius 1 is 1.13 bits per heavy atom. The monoisotopic (exact) mass is 330 g/mol. The normalized spacial score (nSPS) is 10.8. The van der Waals surface area contributed by atoms with Crippen LogP contribution < -0.4 is 10.0 Å². The highest BCUT2D eigenvalue weighted by Gasteiger charge is 2.14. The molecule has 120 valence electrons. The van der Waals surface area contributed by atoms with E-state index in [1.54, 1.807) is 42.5 Å². The number of anilines is 2. The van der Waals surface area contributed by atoms with Crippen LogP contribution in [0, 0.1) is 0 Å². The van der Waals surface area contributed by atoms with E-state index in [0.717, 1.165) is 18.1 Å². The number of carbonyl (C=O) groups excluding carboxylic acids is 1. The third-order valence-electron chi connectivity index (χ3n) is 3.18. The maximum absolute atomic E-state index is 12.4. The summed E-state index contributed by atoms with van der Waals surface area (Å²) in [6.45, 7) is 5.33. The van der Waals surface area contributed by atoms with Gasteiger partial charge in [0, 0.05) is 5.69 Å². The molecule has 2 aromatic rings. The van der Waals surface area contributed by atoms with Crippen LogP contribution in [0.2, 0.25) is 0 Å². The first-order valence-corrected chi connectivity index (χ1v) is 8.58. The molecule has 2 aromatic carbocycles. The molecule has 23 heavy (non-hydrogen) atoms. The van der Waals surface area contributed by atoms with Gasteiger partial charge < -0.3 is 5.32 Å². The van der Waals surface area contributed by atoms with E-state index in [1.807, 2.05) is 13.0 Å². The van der Waals surface area contributed by atoms with E-state index in [9.17, 15) is 13.2 Å². The molecule has 0 heterocycles. The molecule has 0 aliphatic rings. The van der Waals surface area contributed by atoms with Crippen LogP contribution >= 0.6 is 0 Å². The molecule has 5 nitrogen and oxygen atoms in total. The molecular weight excluding hydrogens is 312 g/mol. The topological polar surface area (TPSA) is 75.3 Å². The number of nitrogens with one attached hydrogen (secondary N) is 2. The van der Waals surface area contributed by atoms with Gasteiger partial charge in [0.2, 0.25) is 5.91 Å². The van der Waals surface area contributed by atoms with Crippen LogP contribution in [-0.4, -0.2) is 14.3 Å². The highest BCUT2D eigenvalue weighted by molar-refractivity contribution is 7.92. The molecule has 0 spiro atoms. The Morgan fingerprint density at radius 2 is 1.83 bits per heavy atom. The summed E-state index contributed by atoms with van der Waals surface area (Å²) < 4.78 is 27.4. The third-order valence-corrected chi connectivity index (χ3v) is 4.56. The summed E-state index contributed by atoms with van der Waals surface area (Å²) >= 11 is 0. The lowest BCUT2D eigenvalue weighted by molar-refractivity contribution is -0.111. The van der Waals surface area contributed by atoms with E-state index in [1.165, 1.54) is 0 Å². The lowest BCUT2D eigenvalue weighted by Crippen LogP contribution is -2.14. The second kappa shape index (κ2) is 7.11. The summed E-state index contributed by atoms with van der Waals surface area (Å²) in [5.74, 6) is -0.361. The number of sulfonamides is 1. The Labute approximate surface area is 136 Å². The molecule has 0 aromatic heterocycles. The highest BCUT2D eigenvalue weighted by Crippen LogP contribution is 2.20. The van der Waals surface area contributed by atoms with Gasteiger partial charge in [0.25, 0.3) is 10.0 Å². The van der Waals surface area contributed by atoms with E-state index in [2.05, 4.69) is 16.6 Å². The van der Waals surface area contributed by atoms with Crippen molar-refractivity contribution in [3.8, 4) is 0 Å². The largest absolute Gasteiger partial charge is 0.322 e. The summed E-state index contributed by atoms with van der Waals surface area (Å²) in [6.07, 6.45) is 1.90. The maximum atomic E-state index is 12.4. The number of hydrogen-bond acceptors (Lipinski definition) is 3. The molecule has 0 atom stereocenters. The van der Waals surface area contributed by atoms with Crippen molar-refractivity contribution in [2.45, 2.75) is 18.2 Å². The summed E-state index contributed by atoms with van der Waals surface area (Å²) in [4.78, 5) is 11.5. The maximum Gasteiger partial charge on any atom is 0.261 e. The van der Waals surface area contributed by atoms with Gasteiger partial charge in [0.15, 0.2) is 0 Å². The Balaban J connectivity index is 2.24. The van der Waals surface area contributed by atoms with E-state index < -0.39 is 10.0 Å². The second-order valence-corrected chi connectivity index (χ2v) is 6.56. The first kappa shape index (κ1) is 16.8. The SMILES string of the molecule is C=CC(=O)Nc1cccc(NS(=O)(=O)c2cccc(CC)c2)c1. The van der Waals surface area contributed by atoms with Gasteiger partial charge in [-0.2, -0.15) is 0 Å². The standard InChI is InChI=1S/C17H18N2O3S/c1-3-13-7-5-10-16(11-13)23(21,22)19-15-9-6-8-14(12-15)18-17(20)4-2/h4-12,19H,2-3H2,1H3,(H,18,20). The molecule has 6 heteroatoms. The first-order valence-electron chi connectivity index (χ1n) is 7.10. The van der Waals surface area contributed by atoms with Crippen LogP contribution in [0.1, 0.15) is 12.5 Å². The van der Waals surface area contributed by atoms with E-state index >= 15 is 0 Å². The van der Waals surface area contributed by atoms with Gasteiger partial charge in [0.1, 0.15) is 0 Å². The van der Waals surface area contributed by atoms with Crippen LogP contribution in [0.4, 0.5) is 11.4 Å². The van der Waals surface area contributed by atoms with Crippen LogP contribution in [0.15, 0.2) is 66.1 Å². The number of benzene rings is 2. The van der Waals surface area contributed by atoms with Gasteiger partial charge in [-0.1, -0.05) is 31.7 Å².